The maximum Gasteiger partial charge on any atom is 0.165 e. The monoisotopic (exact) mass is 337 g/mol. The molecule has 2 aromatic carbocycles. The van der Waals surface area contributed by atoms with Crippen molar-refractivity contribution in [3.05, 3.63) is 66.6 Å². The van der Waals surface area contributed by atoms with Crippen LogP contribution in [0.25, 0.3) is 11.3 Å². The minimum atomic E-state index is -0.370. The Kier molecular flexibility index (Phi) is 4.48. The molecule has 128 valence electrons. The van der Waals surface area contributed by atoms with Crippen molar-refractivity contribution < 1.29 is 9.13 Å². The summed E-state index contributed by atoms with van der Waals surface area (Å²) in [6.45, 7) is 2.00. The highest BCUT2D eigenvalue weighted by atomic mass is 19.1. The number of rotatable bonds is 5. The van der Waals surface area contributed by atoms with Crippen molar-refractivity contribution in [2.24, 2.45) is 0 Å². The van der Waals surface area contributed by atoms with Crippen LogP contribution in [0.1, 0.15) is 12.8 Å². The molecular weight excluding hydrogens is 317 g/mol. The largest absolute Gasteiger partial charge is 0.454 e. The Hall–Kier alpha value is -2.66. The molecule has 25 heavy (non-hydrogen) atoms. The number of hydrogen-bond acceptors (Lipinski definition) is 3. The fraction of sp³-hybridized carbons (Fsp3) is 0.250. The Balaban J connectivity index is 1.45. The lowest BCUT2D eigenvalue weighted by Gasteiger charge is -2.09. The minimum absolute atomic E-state index is 0.226. The molecule has 1 aromatic heterocycles. The summed E-state index contributed by atoms with van der Waals surface area (Å²) in [4.78, 5) is 0. The Bertz CT molecular complexity index is 838. The van der Waals surface area contributed by atoms with E-state index in [4.69, 9.17) is 4.74 Å². The maximum atomic E-state index is 13.6. The van der Waals surface area contributed by atoms with Gasteiger partial charge in [-0.3, -0.25) is 4.68 Å². The average molecular weight is 337 g/mol. The summed E-state index contributed by atoms with van der Waals surface area (Å²) in [5.41, 5.74) is 1.94. The van der Waals surface area contributed by atoms with E-state index in [0.717, 1.165) is 24.3 Å². The molecular formula is C20H20FN3O. The number of ether oxygens (including phenoxy) is 1. The third-order valence-corrected chi connectivity index (χ3v) is 4.43. The standard InChI is InChI=1S/C20H20FN3O/c21-18-5-1-2-6-20(18)25-17-9-7-15(8-10-17)19-11-13-24(23-19)14-16-4-3-12-22-16/h1-2,5-11,13,16,22H,3-4,12,14H2/t16-/m1/s1. The molecule has 1 saturated heterocycles. The van der Waals surface area contributed by atoms with Crippen LogP contribution in [0.4, 0.5) is 4.39 Å². The van der Waals surface area contributed by atoms with E-state index in [1.54, 1.807) is 18.2 Å². The summed E-state index contributed by atoms with van der Waals surface area (Å²) in [5.74, 6) is 0.456. The summed E-state index contributed by atoms with van der Waals surface area (Å²) < 4.78 is 21.2. The van der Waals surface area contributed by atoms with Crippen LogP contribution in [0.15, 0.2) is 60.8 Å². The van der Waals surface area contributed by atoms with Crippen molar-refractivity contribution in [1.82, 2.24) is 15.1 Å². The molecule has 0 radical (unpaired) electrons. The number of halogens is 1. The van der Waals surface area contributed by atoms with Crippen LogP contribution in [-0.4, -0.2) is 22.4 Å². The third-order valence-electron chi connectivity index (χ3n) is 4.43. The van der Waals surface area contributed by atoms with Crippen LogP contribution in [-0.2, 0) is 6.54 Å². The SMILES string of the molecule is Fc1ccccc1Oc1ccc(-c2ccn(C[C@H]3CCCN3)n2)cc1. The van der Waals surface area contributed by atoms with Gasteiger partial charge in [-0.2, -0.15) is 5.10 Å². The second kappa shape index (κ2) is 7.07. The van der Waals surface area contributed by atoms with Gasteiger partial charge in [-0.15, -0.1) is 0 Å². The predicted octanol–water partition coefficient (Wildman–Crippen LogP) is 4.23. The molecule has 1 N–H and O–H groups in total. The Labute approximate surface area is 146 Å². The predicted molar refractivity (Wildman–Crippen MR) is 95.2 cm³/mol. The van der Waals surface area contributed by atoms with Crippen molar-refractivity contribution in [2.75, 3.05) is 6.54 Å². The molecule has 3 aromatic rings. The number of nitrogens with one attached hydrogen (secondary N) is 1. The van der Waals surface area contributed by atoms with E-state index >= 15 is 0 Å². The molecule has 4 nitrogen and oxygen atoms in total. The maximum absolute atomic E-state index is 13.6. The summed E-state index contributed by atoms with van der Waals surface area (Å²) in [6.07, 6.45) is 4.46. The lowest BCUT2D eigenvalue weighted by Crippen LogP contribution is -2.26. The zero-order valence-electron chi connectivity index (χ0n) is 13.9. The molecule has 1 atom stereocenters. The molecule has 0 amide bonds. The fourth-order valence-electron chi connectivity index (χ4n) is 3.10. The van der Waals surface area contributed by atoms with Gasteiger partial charge in [0.15, 0.2) is 11.6 Å². The lowest BCUT2D eigenvalue weighted by molar-refractivity contribution is 0.442. The van der Waals surface area contributed by atoms with Crippen LogP contribution in [0.3, 0.4) is 0 Å². The first-order chi connectivity index (χ1) is 12.3. The summed E-state index contributed by atoms with van der Waals surface area (Å²) in [6, 6.07) is 16.5. The summed E-state index contributed by atoms with van der Waals surface area (Å²) in [5, 5.41) is 8.13. The zero-order valence-corrected chi connectivity index (χ0v) is 13.9. The lowest BCUT2D eigenvalue weighted by atomic mass is 10.1. The van der Waals surface area contributed by atoms with Crippen molar-refractivity contribution in [3.63, 3.8) is 0 Å². The molecule has 4 rings (SSSR count). The highest BCUT2D eigenvalue weighted by Crippen LogP contribution is 2.26. The number of para-hydroxylation sites is 1. The van der Waals surface area contributed by atoms with Gasteiger partial charge in [0, 0.05) is 17.8 Å². The van der Waals surface area contributed by atoms with Gasteiger partial charge in [0.1, 0.15) is 5.75 Å². The van der Waals surface area contributed by atoms with Gasteiger partial charge >= 0.3 is 0 Å². The number of nitrogens with zero attached hydrogens (tertiary/aromatic N) is 2. The Morgan fingerprint density at radius 3 is 2.72 bits per heavy atom. The van der Waals surface area contributed by atoms with Crippen molar-refractivity contribution in [3.8, 4) is 22.8 Å². The summed E-state index contributed by atoms with van der Waals surface area (Å²) >= 11 is 0. The molecule has 0 spiro atoms. The Morgan fingerprint density at radius 1 is 1.12 bits per heavy atom. The molecule has 2 heterocycles. The van der Waals surface area contributed by atoms with Gasteiger partial charge in [0.25, 0.3) is 0 Å². The first-order valence-corrected chi connectivity index (χ1v) is 8.57. The molecule has 1 aliphatic rings. The first-order valence-electron chi connectivity index (χ1n) is 8.57. The van der Waals surface area contributed by atoms with Crippen LogP contribution in [0.2, 0.25) is 0 Å². The molecule has 0 bridgehead atoms. The second-order valence-corrected chi connectivity index (χ2v) is 6.27. The van der Waals surface area contributed by atoms with Gasteiger partial charge in [0.05, 0.1) is 12.2 Å². The van der Waals surface area contributed by atoms with Crippen LogP contribution in [0, 0.1) is 5.82 Å². The first kappa shape index (κ1) is 15.8. The highest BCUT2D eigenvalue weighted by Gasteiger charge is 2.15. The summed E-state index contributed by atoms with van der Waals surface area (Å²) in [7, 11) is 0. The smallest absolute Gasteiger partial charge is 0.165 e. The topological polar surface area (TPSA) is 39.1 Å². The normalized spacial score (nSPS) is 16.9. The molecule has 1 fully saturated rings. The van der Waals surface area contributed by atoms with Crippen LogP contribution in [0.5, 0.6) is 11.5 Å². The van der Waals surface area contributed by atoms with Gasteiger partial charge < -0.3 is 10.1 Å². The van der Waals surface area contributed by atoms with E-state index in [1.165, 1.54) is 18.9 Å². The van der Waals surface area contributed by atoms with E-state index in [1.807, 2.05) is 41.2 Å². The Morgan fingerprint density at radius 2 is 1.96 bits per heavy atom. The van der Waals surface area contributed by atoms with Crippen LogP contribution >= 0.6 is 0 Å². The number of hydrogen-bond donors (Lipinski definition) is 1. The van der Waals surface area contributed by atoms with Gasteiger partial charge in [-0.25, -0.2) is 4.39 Å². The highest BCUT2D eigenvalue weighted by molar-refractivity contribution is 5.59. The number of benzene rings is 2. The van der Waals surface area contributed by atoms with Crippen molar-refractivity contribution in [2.45, 2.75) is 25.4 Å². The molecule has 0 saturated carbocycles. The van der Waals surface area contributed by atoms with E-state index in [2.05, 4.69) is 10.4 Å². The van der Waals surface area contributed by atoms with Crippen molar-refractivity contribution >= 4 is 0 Å². The van der Waals surface area contributed by atoms with Gasteiger partial charge in [-0.05, 0) is 61.9 Å². The van der Waals surface area contributed by atoms with E-state index in [9.17, 15) is 4.39 Å². The van der Waals surface area contributed by atoms with Gasteiger partial charge in [-0.1, -0.05) is 12.1 Å². The zero-order chi connectivity index (χ0) is 17.1. The third kappa shape index (κ3) is 3.72. The molecule has 0 aliphatic carbocycles. The van der Waals surface area contributed by atoms with Gasteiger partial charge in [0.2, 0.25) is 0 Å². The van der Waals surface area contributed by atoms with E-state index in [-0.39, 0.29) is 11.6 Å². The number of aromatic nitrogens is 2. The van der Waals surface area contributed by atoms with Crippen LogP contribution < -0.4 is 10.1 Å². The molecule has 5 heteroatoms. The van der Waals surface area contributed by atoms with E-state index in [0.29, 0.717) is 11.8 Å². The fourth-order valence-corrected chi connectivity index (χ4v) is 3.10. The average Bonchev–Trinajstić information content (AvgIpc) is 3.30. The van der Waals surface area contributed by atoms with Crippen molar-refractivity contribution in [1.29, 1.82) is 0 Å². The molecule has 1 aliphatic heterocycles. The quantitative estimate of drug-likeness (QED) is 0.757. The minimum Gasteiger partial charge on any atom is -0.454 e. The second-order valence-electron chi connectivity index (χ2n) is 6.27. The van der Waals surface area contributed by atoms with E-state index < -0.39 is 0 Å². The molecule has 0 unspecified atom stereocenters.